The van der Waals surface area contributed by atoms with E-state index in [0.717, 1.165) is 32.1 Å². The van der Waals surface area contributed by atoms with E-state index < -0.39 is 17.4 Å². The van der Waals surface area contributed by atoms with E-state index in [1.807, 2.05) is 0 Å². The third-order valence-corrected chi connectivity index (χ3v) is 7.03. The first-order valence-electron chi connectivity index (χ1n) is 10.7. The van der Waals surface area contributed by atoms with Crippen LogP contribution in [0.25, 0.3) is 0 Å². The highest BCUT2D eigenvalue weighted by Crippen LogP contribution is 2.60. The molecule has 8 heteroatoms. The molecule has 5 rings (SSSR count). The fourth-order valence-corrected chi connectivity index (χ4v) is 6.04. The van der Waals surface area contributed by atoms with Crippen LogP contribution in [0.1, 0.15) is 65.7 Å². The number of hydrogen-bond acceptors (Lipinski definition) is 5. The van der Waals surface area contributed by atoms with Crippen LogP contribution in [0.2, 0.25) is 0 Å². The number of esters is 1. The average Bonchev–Trinajstić information content (AvgIpc) is 3.33. The molecule has 0 saturated heterocycles. The molecule has 162 valence electrons. The van der Waals surface area contributed by atoms with Crippen molar-refractivity contribution in [3.8, 4) is 0 Å². The van der Waals surface area contributed by atoms with Crippen LogP contribution in [-0.4, -0.2) is 42.5 Å². The predicted molar refractivity (Wildman–Crippen MR) is 105 cm³/mol. The van der Waals surface area contributed by atoms with Crippen LogP contribution in [0.4, 0.5) is 9.59 Å². The SMILES string of the molecule is COC(=O)C12CC3CC(C1)C(NC(=O)NC1(NC(=O)OC(C)(C)C)CC1)C(C3)C2. The van der Waals surface area contributed by atoms with Gasteiger partial charge in [0.2, 0.25) is 0 Å². The van der Waals surface area contributed by atoms with Crippen molar-refractivity contribution >= 4 is 18.1 Å². The van der Waals surface area contributed by atoms with Crippen molar-refractivity contribution in [3.05, 3.63) is 0 Å². The maximum absolute atomic E-state index is 12.7. The molecule has 29 heavy (non-hydrogen) atoms. The molecule has 0 aromatic carbocycles. The second-order valence-electron chi connectivity index (χ2n) is 10.6. The molecular formula is C21H33N3O5. The predicted octanol–water partition coefficient (Wildman–Crippen LogP) is 2.67. The summed E-state index contributed by atoms with van der Waals surface area (Å²) in [5.74, 6) is 1.08. The number of urea groups is 1. The van der Waals surface area contributed by atoms with Crippen molar-refractivity contribution in [1.82, 2.24) is 16.0 Å². The molecule has 2 unspecified atom stereocenters. The van der Waals surface area contributed by atoms with Crippen LogP contribution in [0.3, 0.4) is 0 Å². The van der Waals surface area contributed by atoms with Gasteiger partial charge in [-0.05, 0) is 83.5 Å². The molecule has 0 heterocycles. The number of alkyl carbamates (subject to hydrolysis) is 1. The summed E-state index contributed by atoms with van der Waals surface area (Å²) in [6, 6.07) is -0.190. The molecule has 0 aromatic rings. The van der Waals surface area contributed by atoms with E-state index in [1.165, 1.54) is 7.11 Å². The van der Waals surface area contributed by atoms with Gasteiger partial charge >= 0.3 is 18.1 Å². The number of amides is 3. The van der Waals surface area contributed by atoms with Crippen molar-refractivity contribution in [1.29, 1.82) is 0 Å². The third kappa shape index (κ3) is 4.03. The molecule has 0 radical (unpaired) electrons. The van der Waals surface area contributed by atoms with E-state index >= 15 is 0 Å². The van der Waals surface area contributed by atoms with Gasteiger partial charge in [0.1, 0.15) is 11.3 Å². The highest BCUT2D eigenvalue weighted by molar-refractivity contribution is 5.79. The lowest BCUT2D eigenvalue weighted by Crippen LogP contribution is -2.63. The maximum atomic E-state index is 12.7. The second kappa shape index (κ2) is 6.77. The van der Waals surface area contributed by atoms with E-state index in [4.69, 9.17) is 9.47 Å². The van der Waals surface area contributed by atoms with Gasteiger partial charge in [-0.3, -0.25) is 10.1 Å². The van der Waals surface area contributed by atoms with Gasteiger partial charge < -0.3 is 20.1 Å². The van der Waals surface area contributed by atoms with Gasteiger partial charge in [-0.1, -0.05) is 0 Å². The van der Waals surface area contributed by atoms with E-state index in [-0.39, 0.29) is 23.5 Å². The minimum atomic E-state index is -0.717. The Morgan fingerprint density at radius 1 is 0.966 bits per heavy atom. The molecule has 5 fully saturated rings. The number of ether oxygens (including phenoxy) is 2. The zero-order valence-electron chi connectivity index (χ0n) is 17.8. The van der Waals surface area contributed by atoms with Gasteiger partial charge in [-0.2, -0.15) is 0 Å². The first kappa shape index (κ1) is 20.3. The quantitative estimate of drug-likeness (QED) is 0.491. The maximum Gasteiger partial charge on any atom is 0.409 e. The first-order chi connectivity index (χ1) is 13.5. The largest absolute Gasteiger partial charge is 0.469 e. The molecule has 0 aliphatic heterocycles. The van der Waals surface area contributed by atoms with Gasteiger partial charge in [0.15, 0.2) is 0 Å². The Morgan fingerprint density at radius 2 is 1.59 bits per heavy atom. The van der Waals surface area contributed by atoms with E-state index in [2.05, 4.69) is 16.0 Å². The summed E-state index contributed by atoms with van der Waals surface area (Å²) in [4.78, 5) is 37.2. The van der Waals surface area contributed by atoms with Gasteiger partial charge in [0.25, 0.3) is 0 Å². The van der Waals surface area contributed by atoms with Gasteiger partial charge in [0.05, 0.1) is 12.5 Å². The van der Waals surface area contributed by atoms with Crippen LogP contribution in [0.5, 0.6) is 0 Å². The van der Waals surface area contributed by atoms with Crippen LogP contribution in [0.15, 0.2) is 0 Å². The van der Waals surface area contributed by atoms with Gasteiger partial charge in [0, 0.05) is 6.04 Å². The summed E-state index contributed by atoms with van der Waals surface area (Å²) < 4.78 is 10.4. The molecule has 0 spiro atoms. The summed E-state index contributed by atoms with van der Waals surface area (Å²) in [6.07, 6.45) is 5.47. The first-order valence-corrected chi connectivity index (χ1v) is 10.7. The summed E-state index contributed by atoms with van der Waals surface area (Å²) in [6.45, 7) is 5.42. The monoisotopic (exact) mass is 407 g/mol. The molecule has 2 atom stereocenters. The molecule has 5 aliphatic carbocycles. The normalized spacial score (nSPS) is 36.1. The Morgan fingerprint density at radius 3 is 2.10 bits per heavy atom. The molecule has 8 nitrogen and oxygen atoms in total. The fourth-order valence-electron chi connectivity index (χ4n) is 6.04. The number of carbonyl (C=O) groups excluding carboxylic acids is 3. The molecule has 0 aromatic heterocycles. The molecule has 4 bridgehead atoms. The molecule has 3 N–H and O–H groups in total. The molecule has 5 aliphatic rings. The fraction of sp³-hybridized carbons (Fsp3) is 0.857. The highest BCUT2D eigenvalue weighted by atomic mass is 16.6. The number of nitrogens with one attached hydrogen (secondary N) is 3. The molecular weight excluding hydrogens is 374 g/mol. The number of rotatable bonds is 4. The lowest BCUT2D eigenvalue weighted by molar-refractivity contribution is -0.170. The Kier molecular flexibility index (Phi) is 4.74. The van der Waals surface area contributed by atoms with Crippen molar-refractivity contribution in [2.24, 2.45) is 23.2 Å². The standard InChI is InChI=1S/C21H33N3O5/c1-19(2,3)29-18(27)24-21(5-6-21)23-17(26)22-15-13-7-12-8-14(15)11-20(9-12,10-13)16(25)28-4/h12-15H,5-11H2,1-4H3,(H,24,27)(H2,22,23,26). The minimum absolute atomic E-state index is 0.0710. The second-order valence-corrected chi connectivity index (χ2v) is 10.6. The smallest absolute Gasteiger partial charge is 0.409 e. The topological polar surface area (TPSA) is 106 Å². The van der Waals surface area contributed by atoms with Crippen molar-refractivity contribution in [2.75, 3.05) is 7.11 Å². The Labute approximate surface area is 171 Å². The van der Waals surface area contributed by atoms with Crippen molar-refractivity contribution in [2.45, 2.75) is 83.0 Å². The molecule has 3 amide bonds. The van der Waals surface area contributed by atoms with E-state index in [0.29, 0.717) is 30.6 Å². The molecule has 5 saturated carbocycles. The summed E-state index contributed by atoms with van der Waals surface area (Å²) in [5.41, 5.74) is -1.65. The zero-order valence-corrected chi connectivity index (χ0v) is 17.8. The van der Waals surface area contributed by atoms with Crippen molar-refractivity contribution < 1.29 is 23.9 Å². The summed E-state index contributed by atoms with van der Waals surface area (Å²) >= 11 is 0. The Hall–Kier alpha value is -1.99. The van der Waals surface area contributed by atoms with Gasteiger partial charge in [-0.15, -0.1) is 0 Å². The lowest BCUT2D eigenvalue weighted by atomic mass is 9.48. The number of hydrogen-bond donors (Lipinski definition) is 3. The third-order valence-electron chi connectivity index (χ3n) is 7.03. The van der Waals surface area contributed by atoms with Crippen LogP contribution < -0.4 is 16.0 Å². The Bertz CT molecular complexity index is 696. The van der Waals surface area contributed by atoms with Crippen LogP contribution >= 0.6 is 0 Å². The Balaban J connectivity index is 1.34. The average molecular weight is 408 g/mol. The highest BCUT2D eigenvalue weighted by Gasteiger charge is 2.59. The van der Waals surface area contributed by atoms with Crippen LogP contribution in [0, 0.1) is 23.2 Å². The van der Waals surface area contributed by atoms with Gasteiger partial charge in [-0.25, -0.2) is 9.59 Å². The lowest BCUT2D eigenvalue weighted by Gasteiger charge is -2.58. The zero-order chi connectivity index (χ0) is 21.0. The summed E-state index contributed by atoms with van der Waals surface area (Å²) in [7, 11) is 1.47. The number of methoxy groups -OCH3 is 1. The van der Waals surface area contributed by atoms with E-state index in [1.54, 1.807) is 20.8 Å². The van der Waals surface area contributed by atoms with Crippen LogP contribution in [-0.2, 0) is 14.3 Å². The van der Waals surface area contributed by atoms with E-state index in [9.17, 15) is 14.4 Å². The number of carbonyl (C=O) groups is 3. The van der Waals surface area contributed by atoms with Crippen molar-refractivity contribution in [3.63, 3.8) is 0 Å². The summed E-state index contributed by atoms with van der Waals surface area (Å²) in [5, 5.41) is 8.88. The minimum Gasteiger partial charge on any atom is -0.469 e.